The van der Waals surface area contributed by atoms with Gasteiger partial charge in [0.2, 0.25) is 5.91 Å². The second kappa shape index (κ2) is 5.98. The number of carbonyl (C=O) groups excluding carboxylic acids is 1. The average molecular weight is 340 g/mol. The number of halogens is 1. The van der Waals surface area contributed by atoms with Gasteiger partial charge in [-0.25, -0.2) is 9.37 Å². The zero-order valence-electron chi connectivity index (χ0n) is 13.1. The molecule has 1 N–H and O–H groups in total. The van der Waals surface area contributed by atoms with Crippen LogP contribution >= 0.6 is 11.3 Å². The molecule has 0 atom stereocenters. The normalized spacial score (nSPS) is 15.9. The highest BCUT2D eigenvalue weighted by atomic mass is 32.1. The van der Waals surface area contributed by atoms with Crippen LogP contribution in [0.2, 0.25) is 0 Å². The highest BCUT2D eigenvalue weighted by Gasteiger charge is 2.45. The van der Waals surface area contributed by atoms with Crippen LogP contribution in [-0.2, 0) is 16.8 Å². The number of hydrogen-bond acceptors (Lipinski definition) is 3. The van der Waals surface area contributed by atoms with E-state index in [0.29, 0.717) is 6.54 Å². The molecular formula is C19H17FN2OS. The average Bonchev–Trinajstić information content (AvgIpc) is 2.95. The Bertz CT molecular complexity index is 868. The Morgan fingerprint density at radius 1 is 1.21 bits per heavy atom. The molecule has 3 aromatic rings. The van der Waals surface area contributed by atoms with E-state index in [4.69, 9.17) is 0 Å². The number of nitrogens with zero attached hydrogens (tertiary/aromatic N) is 1. The Labute approximate surface area is 143 Å². The summed E-state index contributed by atoms with van der Waals surface area (Å²) in [7, 11) is 0. The minimum atomic E-state index is -0.585. The van der Waals surface area contributed by atoms with Crippen LogP contribution in [0.3, 0.4) is 0 Å². The summed E-state index contributed by atoms with van der Waals surface area (Å²) in [6.45, 7) is 0.412. The van der Waals surface area contributed by atoms with Gasteiger partial charge in [0.15, 0.2) is 0 Å². The van der Waals surface area contributed by atoms with Crippen molar-refractivity contribution in [2.24, 2.45) is 0 Å². The van der Waals surface area contributed by atoms with E-state index in [2.05, 4.69) is 10.3 Å². The van der Waals surface area contributed by atoms with Gasteiger partial charge < -0.3 is 5.32 Å². The summed E-state index contributed by atoms with van der Waals surface area (Å²) in [5.41, 5.74) is 1.14. The van der Waals surface area contributed by atoms with Gasteiger partial charge in [0, 0.05) is 0 Å². The molecule has 0 spiro atoms. The summed E-state index contributed by atoms with van der Waals surface area (Å²) >= 11 is 1.59. The molecule has 1 fully saturated rings. The van der Waals surface area contributed by atoms with E-state index in [-0.39, 0.29) is 11.7 Å². The lowest BCUT2D eigenvalue weighted by atomic mass is 9.64. The molecule has 1 aromatic heterocycles. The molecule has 1 aliphatic rings. The molecule has 0 radical (unpaired) electrons. The first-order valence-corrected chi connectivity index (χ1v) is 8.88. The molecule has 0 unspecified atom stereocenters. The van der Waals surface area contributed by atoms with Crippen LogP contribution in [0, 0.1) is 5.82 Å². The summed E-state index contributed by atoms with van der Waals surface area (Å²) in [6.07, 6.45) is 2.52. The molecule has 0 saturated heterocycles. The highest BCUT2D eigenvalue weighted by molar-refractivity contribution is 7.18. The third-order valence-corrected chi connectivity index (χ3v) is 5.79. The number of carbonyl (C=O) groups is 1. The lowest BCUT2D eigenvalue weighted by molar-refractivity contribution is -0.130. The van der Waals surface area contributed by atoms with Crippen LogP contribution < -0.4 is 5.32 Å². The summed E-state index contributed by atoms with van der Waals surface area (Å²) in [4.78, 5) is 17.3. The third-order valence-electron chi connectivity index (χ3n) is 4.76. The van der Waals surface area contributed by atoms with Crippen molar-refractivity contribution >= 4 is 27.5 Å². The minimum absolute atomic E-state index is 0.0291. The quantitative estimate of drug-likeness (QED) is 0.774. The van der Waals surface area contributed by atoms with Gasteiger partial charge in [0.25, 0.3) is 0 Å². The molecule has 1 amide bonds. The van der Waals surface area contributed by atoms with E-state index in [1.165, 1.54) is 12.1 Å². The maximum atomic E-state index is 13.6. The Balaban J connectivity index is 1.52. The first kappa shape index (κ1) is 15.3. The molecule has 1 heterocycles. The molecule has 122 valence electrons. The van der Waals surface area contributed by atoms with Crippen molar-refractivity contribution < 1.29 is 9.18 Å². The maximum absolute atomic E-state index is 13.6. The van der Waals surface area contributed by atoms with Crippen LogP contribution in [0.25, 0.3) is 10.2 Å². The number of hydrogen-bond donors (Lipinski definition) is 1. The largest absolute Gasteiger partial charge is 0.349 e. The van der Waals surface area contributed by atoms with Crippen LogP contribution in [0.5, 0.6) is 0 Å². The predicted molar refractivity (Wildman–Crippen MR) is 93.4 cm³/mol. The van der Waals surface area contributed by atoms with E-state index in [0.717, 1.165) is 40.1 Å². The number of thiazole rings is 1. The first-order valence-electron chi connectivity index (χ1n) is 8.06. The lowest BCUT2D eigenvalue weighted by Gasteiger charge is -2.40. The summed E-state index contributed by atoms with van der Waals surface area (Å²) in [6, 6.07) is 14.3. The van der Waals surface area contributed by atoms with Crippen molar-refractivity contribution in [1.29, 1.82) is 0 Å². The topological polar surface area (TPSA) is 42.0 Å². The Kier molecular flexibility index (Phi) is 3.81. The molecule has 3 nitrogen and oxygen atoms in total. The molecule has 1 aliphatic carbocycles. The number of rotatable bonds is 4. The first-order chi connectivity index (χ1) is 11.7. The summed E-state index contributed by atoms with van der Waals surface area (Å²) in [5.74, 6) is -0.323. The van der Waals surface area contributed by atoms with Crippen molar-refractivity contribution in [1.82, 2.24) is 10.3 Å². The number of nitrogens with one attached hydrogen (secondary N) is 1. The van der Waals surface area contributed by atoms with E-state index >= 15 is 0 Å². The van der Waals surface area contributed by atoms with Gasteiger partial charge in [-0.15, -0.1) is 11.3 Å². The van der Waals surface area contributed by atoms with E-state index < -0.39 is 5.41 Å². The fourth-order valence-corrected chi connectivity index (χ4v) is 4.19. The SMILES string of the molecule is O=C(NCc1nc2ccccc2s1)C1(c2cccc(F)c2)CCC1. The summed E-state index contributed by atoms with van der Waals surface area (Å²) in [5, 5.41) is 3.89. The van der Waals surface area contributed by atoms with Crippen molar-refractivity contribution in [3.05, 3.63) is 64.9 Å². The smallest absolute Gasteiger partial charge is 0.231 e. The molecule has 0 aliphatic heterocycles. The van der Waals surface area contributed by atoms with Crippen LogP contribution in [0.15, 0.2) is 48.5 Å². The van der Waals surface area contributed by atoms with E-state index in [9.17, 15) is 9.18 Å². The molecule has 1 saturated carbocycles. The number of aromatic nitrogens is 1. The Morgan fingerprint density at radius 2 is 2.04 bits per heavy atom. The van der Waals surface area contributed by atoms with Gasteiger partial charge in [-0.3, -0.25) is 4.79 Å². The Morgan fingerprint density at radius 3 is 2.75 bits per heavy atom. The number of amides is 1. The van der Waals surface area contributed by atoms with Crippen LogP contribution in [0.4, 0.5) is 4.39 Å². The van der Waals surface area contributed by atoms with Gasteiger partial charge in [-0.2, -0.15) is 0 Å². The molecule has 2 aromatic carbocycles. The number of para-hydroxylation sites is 1. The van der Waals surface area contributed by atoms with Gasteiger partial charge >= 0.3 is 0 Å². The van der Waals surface area contributed by atoms with Crippen molar-refractivity contribution in [2.45, 2.75) is 31.2 Å². The highest BCUT2D eigenvalue weighted by Crippen LogP contribution is 2.44. The van der Waals surface area contributed by atoms with Crippen LogP contribution in [-0.4, -0.2) is 10.9 Å². The van der Waals surface area contributed by atoms with Crippen molar-refractivity contribution in [2.75, 3.05) is 0 Å². The molecule has 5 heteroatoms. The molecular weight excluding hydrogens is 323 g/mol. The monoisotopic (exact) mass is 340 g/mol. The molecule has 24 heavy (non-hydrogen) atoms. The zero-order valence-corrected chi connectivity index (χ0v) is 13.9. The third kappa shape index (κ3) is 2.59. The van der Waals surface area contributed by atoms with Gasteiger partial charge in [-0.1, -0.05) is 30.7 Å². The fourth-order valence-electron chi connectivity index (χ4n) is 3.28. The van der Waals surface area contributed by atoms with Gasteiger partial charge in [-0.05, 0) is 42.7 Å². The standard InChI is InChI=1S/C19H17FN2OS/c20-14-6-3-5-13(11-14)19(9-4-10-19)18(23)21-12-17-22-15-7-1-2-8-16(15)24-17/h1-3,5-8,11H,4,9-10,12H2,(H,21,23). The second-order valence-electron chi connectivity index (χ2n) is 6.20. The zero-order chi connectivity index (χ0) is 16.6. The van der Waals surface area contributed by atoms with E-state index in [1.807, 2.05) is 30.3 Å². The maximum Gasteiger partial charge on any atom is 0.231 e. The fraction of sp³-hybridized carbons (Fsp3) is 0.263. The molecule has 0 bridgehead atoms. The van der Waals surface area contributed by atoms with Crippen LogP contribution in [0.1, 0.15) is 29.8 Å². The van der Waals surface area contributed by atoms with Crippen molar-refractivity contribution in [3.63, 3.8) is 0 Å². The Hall–Kier alpha value is -2.27. The lowest BCUT2D eigenvalue weighted by Crippen LogP contribution is -2.49. The number of benzene rings is 2. The summed E-state index contributed by atoms with van der Waals surface area (Å²) < 4.78 is 14.7. The van der Waals surface area contributed by atoms with Crippen molar-refractivity contribution in [3.8, 4) is 0 Å². The number of fused-ring (bicyclic) bond motifs is 1. The van der Waals surface area contributed by atoms with Gasteiger partial charge in [0.1, 0.15) is 10.8 Å². The predicted octanol–water partition coefficient (Wildman–Crippen LogP) is 4.17. The molecule has 4 rings (SSSR count). The van der Waals surface area contributed by atoms with Gasteiger partial charge in [0.05, 0.1) is 22.2 Å². The minimum Gasteiger partial charge on any atom is -0.349 e. The van der Waals surface area contributed by atoms with E-state index in [1.54, 1.807) is 17.4 Å². The second-order valence-corrected chi connectivity index (χ2v) is 7.32.